The van der Waals surface area contributed by atoms with E-state index < -0.39 is 0 Å². The number of benzene rings is 1. The number of nitrogens with zero attached hydrogens (tertiary/aromatic N) is 2. The van der Waals surface area contributed by atoms with Crippen molar-refractivity contribution in [3.8, 4) is 0 Å². The van der Waals surface area contributed by atoms with Crippen molar-refractivity contribution in [3.05, 3.63) is 47.4 Å². The summed E-state index contributed by atoms with van der Waals surface area (Å²) in [4.78, 5) is 20.6. The van der Waals surface area contributed by atoms with E-state index in [9.17, 15) is 4.79 Å². The fourth-order valence-electron chi connectivity index (χ4n) is 1.34. The summed E-state index contributed by atoms with van der Waals surface area (Å²) >= 11 is 7.26. The van der Waals surface area contributed by atoms with Crippen molar-refractivity contribution >= 4 is 35.1 Å². The van der Waals surface area contributed by atoms with Crippen LogP contribution in [0.1, 0.15) is 10.4 Å². The van der Waals surface area contributed by atoms with Gasteiger partial charge in [0.25, 0.3) is 5.91 Å². The number of amides is 1. The normalized spacial score (nSPS) is 10.1. The van der Waals surface area contributed by atoms with Gasteiger partial charge in [0.15, 0.2) is 0 Å². The zero-order valence-electron chi connectivity index (χ0n) is 9.55. The molecule has 0 fully saturated rings. The molecule has 2 rings (SSSR count). The van der Waals surface area contributed by atoms with E-state index in [2.05, 4.69) is 15.3 Å². The van der Waals surface area contributed by atoms with Crippen LogP contribution >= 0.6 is 23.4 Å². The van der Waals surface area contributed by atoms with Crippen molar-refractivity contribution < 1.29 is 4.79 Å². The van der Waals surface area contributed by atoms with E-state index in [-0.39, 0.29) is 11.2 Å². The predicted molar refractivity (Wildman–Crippen MR) is 73.2 cm³/mol. The van der Waals surface area contributed by atoms with E-state index in [4.69, 9.17) is 11.6 Å². The second kappa shape index (κ2) is 5.84. The summed E-state index contributed by atoms with van der Waals surface area (Å²) in [5.41, 5.74) is 0.572. The number of nitrogens with one attached hydrogen (secondary N) is 1. The van der Waals surface area contributed by atoms with Crippen LogP contribution in [0.15, 0.2) is 41.4 Å². The lowest BCUT2D eigenvalue weighted by Gasteiger charge is -2.04. The van der Waals surface area contributed by atoms with Gasteiger partial charge in [0, 0.05) is 16.7 Å². The molecule has 92 valence electrons. The molecule has 1 aromatic carbocycles. The number of hydrogen-bond donors (Lipinski definition) is 1. The molecular weight excluding hydrogens is 270 g/mol. The van der Waals surface area contributed by atoms with E-state index in [0.717, 1.165) is 4.90 Å². The highest BCUT2D eigenvalue weighted by molar-refractivity contribution is 7.98. The molecule has 0 atom stereocenters. The quantitative estimate of drug-likeness (QED) is 0.693. The highest BCUT2D eigenvalue weighted by Crippen LogP contribution is 2.15. The molecule has 18 heavy (non-hydrogen) atoms. The molecule has 1 N–H and O–H groups in total. The fraction of sp³-hybridized carbons (Fsp3) is 0.0833. The molecule has 0 spiro atoms. The Balaban J connectivity index is 2.11. The van der Waals surface area contributed by atoms with Gasteiger partial charge < -0.3 is 5.32 Å². The van der Waals surface area contributed by atoms with Crippen LogP contribution in [0.3, 0.4) is 0 Å². The number of carbonyl (C=O) groups is 1. The first-order valence-corrected chi connectivity index (χ1v) is 6.73. The van der Waals surface area contributed by atoms with E-state index in [1.165, 1.54) is 6.20 Å². The molecular formula is C12H10ClN3OS. The van der Waals surface area contributed by atoms with Crippen LogP contribution in [0.2, 0.25) is 5.28 Å². The van der Waals surface area contributed by atoms with E-state index in [0.29, 0.717) is 11.4 Å². The van der Waals surface area contributed by atoms with Gasteiger partial charge in [-0.05, 0) is 48.2 Å². The lowest BCUT2D eigenvalue weighted by atomic mass is 10.2. The summed E-state index contributed by atoms with van der Waals surface area (Å²) in [6, 6.07) is 8.91. The zero-order chi connectivity index (χ0) is 13.0. The van der Waals surface area contributed by atoms with E-state index in [1.807, 2.05) is 18.4 Å². The second-order valence-electron chi connectivity index (χ2n) is 3.39. The number of aromatic nitrogens is 2. The zero-order valence-corrected chi connectivity index (χ0v) is 11.1. The third kappa shape index (κ3) is 3.21. The first kappa shape index (κ1) is 12.9. The van der Waals surface area contributed by atoms with Crippen LogP contribution in [0.5, 0.6) is 0 Å². The van der Waals surface area contributed by atoms with Gasteiger partial charge in [-0.2, -0.15) is 0 Å². The molecule has 0 aliphatic rings. The average molecular weight is 280 g/mol. The minimum absolute atomic E-state index is 0.102. The van der Waals surface area contributed by atoms with Gasteiger partial charge in [-0.1, -0.05) is 0 Å². The highest BCUT2D eigenvalue weighted by atomic mass is 35.5. The number of thioether (sulfide) groups is 1. The Bertz CT molecular complexity index is 560. The lowest BCUT2D eigenvalue weighted by Crippen LogP contribution is -2.12. The molecule has 6 heteroatoms. The lowest BCUT2D eigenvalue weighted by molar-refractivity contribution is 0.102. The summed E-state index contributed by atoms with van der Waals surface area (Å²) < 4.78 is 0. The molecule has 0 aliphatic heterocycles. The largest absolute Gasteiger partial charge is 0.306 e. The molecule has 0 unspecified atom stereocenters. The summed E-state index contributed by atoms with van der Waals surface area (Å²) in [7, 11) is 0. The number of halogens is 1. The van der Waals surface area contributed by atoms with Crippen molar-refractivity contribution in [2.75, 3.05) is 11.6 Å². The van der Waals surface area contributed by atoms with Crippen molar-refractivity contribution in [1.82, 2.24) is 9.97 Å². The SMILES string of the molecule is CSc1ccc(C(=O)Nc2ccnc(Cl)n2)cc1. The van der Waals surface area contributed by atoms with Crippen molar-refractivity contribution in [1.29, 1.82) is 0 Å². The monoisotopic (exact) mass is 279 g/mol. The number of anilines is 1. The van der Waals surface area contributed by atoms with Gasteiger partial charge in [-0.15, -0.1) is 11.8 Å². The molecule has 0 radical (unpaired) electrons. The molecule has 1 aromatic heterocycles. The second-order valence-corrected chi connectivity index (χ2v) is 4.61. The van der Waals surface area contributed by atoms with E-state index in [1.54, 1.807) is 30.0 Å². The number of carbonyl (C=O) groups excluding carboxylic acids is 1. The molecule has 0 aliphatic carbocycles. The van der Waals surface area contributed by atoms with Gasteiger partial charge in [0.1, 0.15) is 5.82 Å². The summed E-state index contributed by atoms with van der Waals surface area (Å²) in [5, 5.41) is 2.76. The van der Waals surface area contributed by atoms with Crippen LogP contribution < -0.4 is 5.32 Å². The van der Waals surface area contributed by atoms with Crippen LogP contribution in [-0.4, -0.2) is 22.1 Å². The molecule has 0 saturated carbocycles. The average Bonchev–Trinajstić information content (AvgIpc) is 2.39. The van der Waals surface area contributed by atoms with Gasteiger partial charge >= 0.3 is 0 Å². The number of hydrogen-bond acceptors (Lipinski definition) is 4. The van der Waals surface area contributed by atoms with Crippen LogP contribution in [0, 0.1) is 0 Å². The van der Waals surface area contributed by atoms with E-state index >= 15 is 0 Å². The predicted octanol–water partition coefficient (Wildman–Crippen LogP) is 3.10. The molecule has 4 nitrogen and oxygen atoms in total. The molecule has 1 heterocycles. The molecule has 0 saturated heterocycles. The first-order chi connectivity index (χ1) is 8.69. The van der Waals surface area contributed by atoms with Gasteiger partial charge in [-0.3, -0.25) is 4.79 Å². The third-order valence-corrected chi connectivity index (χ3v) is 3.15. The minimum atomic E-state index is -0.225. The Kier molecular flexibility index (Phi) is 4.17. The van der Waals surface area contributed by atoms with Crippen LogP contribution in [0.4, 0.5) is 5.82 Å². The summed E-state index contributed by atoms with van der Waals surface area (Å²) in [6.45, 7) is 0. The minimum Gasteiger partial charge on any atom is -0.306 e. The Morgan fingerprint density at radius 3 is 2.61 bits per heavy atom. The maximum absolute atomic E-state index is 11.9. The van der Waals surface area contributed by atoms with Gasteiger partial charge in [-0.25, -0.2) is 9.97 Å². The Morgan fingerprint density at radius 1 is 1.28 bits per heavy atom. The highest BCUT2D eigenvalue weighted by Gasteiger charge is 2.07. The Hall–Kier alpha value is -1.59. The topological polar surface area (TPSA) is 54.9 Å². The maximum Gasteiger partial charge on any atom is 0.256 e. The van der Waals surface area contributed by atoms with Crippen molar-refractivity contribution in [2.45, 2.75) is 4.90 Å². The third-order valence-electron chi connectivity index (χ3n) is 2.22. The Morgan fingerprint density at radius 2 is 2.00 bits per heavy atom. The molecule has 1 amide bonds. The molecule has 0 bridgehead atoms. The summed E-state index contributed by atoms with van der Waals surface area (Å²) in [6.07, 6.45) is 3.47. The smallest absolute Gasteiger partial charge is 0.256 e. The molecule has 2 aromatic rings. The van der Waals surface area contributed by atoms with Crippen LogP contribution in [0.25, 0.3) is 0 Å². The van der Waals surface area contributed by atoms with Crippen molar-refractivity contribution in [3.63, 3.8) is 0 Å². The fourth-order valence-corrected chi connectivity index (χ4v) is 1.89. The maximum atomic E-state index is 11.9. The van der Waals surface area contributed by atoms with Crippen molar-refractivity contribution in [2.24, 2.45) is 0 Å². The standard InChI is InChI=1S/C12H10ClN3OS/c1-18-9-4-2-8(3-5-9)11(17)15-10-6-7-14-12(13)16-10/h2-7H,1H3,(H,14,15,16,17). The first-order valence-electron chi connectivity index (χ1n) is 5.13. The Labute approximate surface area is 114 Å². The summed E-state index contributed by atoms with van der Waals surface area (Å²) in [5.74, 6) is 0.159. The van der Waals surface area contributed by atoms with Gasteiger partial charge in [0.05, 0.1) is 0 Å². The van der Waals surface area contributed by atoms with Gasteiger partial charge in [0.2, 0.25) is 5.28 Å². The number of rotatable bonds is 3. The van der Waals surface area contributed by atoms with Crippen LogP contribution in [-0.2, 0) is 0 Å².